The molecule has 1 amide bonds. The van der Waals surface area contributed by atoms with Crippen molar-refractivity contribution in [1.82, 2.24) is 10.0 Å². The number of sulfonamides is 1. The Bertz CT molecular complexity index is 968. The van der Waals surface area contributed by atoms with E-state index in [4.69, 9.17) is 0 Å². The van der Waals surface area contributed by atoms with Crippen LogP contribution in [0.15, 0.2) is 48.5 Å². The van der Waals surface area contributed by atoms with E-state index in [1.807, 2.05) is 12.1 Å². The number of halogens is 1. The molecule has 2 aromatic rings. The Labute approximate surface area is 171 Å². The van der Waals surface area contributed by atoms with Crippen LogP contribution >= 0.6 is 0 Å². The van der Waals surface area contributed by atoms with Gasteiger partial charge in [-0.15, -0.1) is 0 Å². The van der Waals surface area contributed by atoms with E-state index in [-0.39, 0.29) is 30.1 Å². The van der Waals surface area contributed by atoms with Gasteiger partial charge in [0.25, 0.3) is 0 Å². The van der Waals surface area contributed by atoms with Crippen LogP contribution in [0, 0.1) is 5.82 Å². The van der Waals surface area contributed by atoms with Gasteiger partial charge in [0.15, 0.2) is 0 Å². The monoisotopic (exact) mass is 418 g/mol. The van der Waals surface area contributed by atoms with Gasteiger partial charge in [-0.25, -0.2) is 17.5 Å². The first-order valence-electron chi connectivity index (χ1n) is 9.83. The maximum atomic E-state index is 13.3. The van der Waals surface area contributed by atoms with Crippen LogP contribution in [0.25, 0.3) is 0 Å². The van der Waals surface area contributed by atoms with Crippen molar-refractivity contribution in [3.63, 3.8) is 0 Å². The second-order valence-electron chi connectivity index (χ2n) is 7.93. The molecule has 5 nitrogen and oxygen atoms in total. The third kappa shape index (κ3) is 5.03. The molecule has 0 atom stereocenters. The lowest BCUT2D eigenvalue weighted by molar-refractivity contribution is -0.130. The maximum Gasteiger partial charge on any atom is 0.230 e. The number of benzene rings is 2. The summed E-state index contributed by atoms with van der Waals surface area (Å²) in [5.74, 6) is -0.567. The Morgan fingerprint density at radius 1 is 1.07 bits per heavy atom. The smallest absolute Gasteiger partial charge is 0.230 e. The van der Waals surface area contributed by atoms with Crippen molar-refractivity contribution in [2.45, 2.75) is 56.9 Å². The molecular weight excluding hydrogens is 391 g/mol. The van der Waals surface area contributed by atoms with Crippen LogP contribution in [0.1, 0.15) is 49.8 Å². The van der Waals surface area contributed by atoms with Crippen molar-refractivity contribution in [2.75, 3.05) is 0 Å². The number of nitrogens with one attached hydrogen (secondary N) is 2. The summed E-state index contributed by atoms with van der Waals surface area (Å²) < 4.78 is 40.5. The summed E-state index contributed by atoms with van der Waals surface area (Å²) in [7, 11) is -3.46. The molecule has 0 saturated heterocycles. The molecule has 0 aromatic heterocycles. The fourth-order valence-corrected chi connectivity index (χ4v) is 5.26. The van der Waals surface area contributed by atoms with Gasteiger partial charge in [0, 0.05) is 12.6 Å². The van der Waals surface area contributed by atoms with E-state index in [0.29, 0.717) is 5.56 Å². The zero-order chi connectivity index (χ0) is 21.1. The number of hydrogen-bond donors (Lipinski definition) is 2. The molecule has 3 rings (SSSR count). The van der Waals surface area contributed by atoms with Gasteiger partial charge in [-0.05, 0) is 55.5 Å². The van der Waals surface area contributed by atoms with Crippen molar-refractivity contribution in [1.29, 1.82) is 0 Å². The minimum Gasteiger partial charge on any atom is -0.351 e. The Kier molecular flexibility index (Phi) is 6.39. The summed E-state index contributed by atoms with van der Waals surface area (Å²) in [4.78, 5) is 13.0. The highest BCUT2D eigenvalue weighted by molar-refractivity contribution is 7.88. The van der Waals surface area contributed by atoms with Crippen molar-refractivity contribution in [2.24, 2.45) is 0 Å². The number of carbonyl (C=O) groups is 1. The standard InChI is InChI=1S/C22H27FN2O3S/c1-16(2)25-29(27,28)15-18-7-4-3-6-17(18)14-24-21(26)22(12-5-13-22)19-8-10-20(23)11-9-19/h3-4,6-11,16,25H,5,12-15H2,1-2H3,(H,24,26). The van der Waals surface area contributed by atoms with Crippen LogP contribution in [-0.2, 0) is 32.5 Å². The van der Waals surface area contributed by atoms with Gasteiger partial charge < -0.3 is 5.32 Å². The molecule has 1 saturated carbocycles. The average Bonchev–Trinajstić information content (AvgIpc) is 2.60. The summed E-state index contributed by atoms with van der Waals surface area (Å²) in [5, 5.41) is 2.97. The first-order chi connectivity index (χ1) is 13.7. The highest BCUT2D eigenvalue weighted by atomic mass is 32.2. The fourth-order valence-electron chi connectivity index (χ4n) is 3.77. The summed E-state index contributed by atoms with van der Waals surface area (Å²) in [6, 6.07) is 13.1. The van der Waals surface area contributed by atoms with Gasteiger partial charge in [-0.2, -0.15) is 0 Å². The first kappa shape index (κ1) is 21.5. The van der Waals surface area contributed by atoms with Gasteiger partial charge in [-0.1, -0.05) is 42.8 Å². The van der Waals surface area contributed by atoms with Gasteiger partial charge in [-0.3, -0.25) is 4.79 Å². The molecule has 7 heteroatoms. The number of carbonyl (C=O) groups excluding carboxylic acids is 1. The normalized spacial score (nSPS) is 15.7. The second-order valence-corrected chi connectivity index (χ2v) is 9.68. The van der Waals surface area contributed by atoms with Crippen molar-refractivity contribution in [3.05, 3.63) is 71.0 Å². The average molecular weight is 419 g/mol. The SMILES string of the molecule is CC(C)NS(=O)(=O)Cc1ccccc1CNC(=O)C1(c2ccc(F)cc2)CCC1. The Morgan fingerprint density at radius 2 is 1.69 bits per heavy atom. The zero-order valence-corrected chi connectivity index (χ0v) is 17.6. The van der Waals surface area contributed by atoms with Crippen LogP contribution in [-0.4, -0.2) is 20.4 Å². The van der Waals surface area contributed by atoms with E-state index in [0.717, 1.165) is 30.4 Å². The second kappa shape index (κ2) is 8.63. The van der Waals surface area contributed by atoms with E-state index in [9.17, 15) is 17.6 Å². The topological polar surface area (TPSA) is 75.3 Å². The number of rotatable bonds is 8. The molecule has 156 valence electrons. The van der Waals surface area contributed by atoms with Gasteiger partial charge in [0.1, 0.15) is 5.82 Å². The third-order valence-electron chi connectivity index (χ3n) is 5.36. The zero-order valence-electron chi connectivity index (χ0n) is 16.7. The molecule has 29 heavy (non-hydrogen) atoms. The quantitative estimate of drug-likeness (QED) is 0.690. The predicted octanol–water partition coefficient (Wildman–Crippen LogP) is 3.39. The van der Waals surface area contributed by atoms with Crippen LogP contribution in [0.4, 0.5) is 4.39 Å². The van der Waals surface area contributed by atoms with Crippen molar-refractivity contribution >= 4 is 15.9 Å². The Hall–Kier alpha value is -2.25. The lowest BCUT2D eigenvalue weighted by Gasteiger charge is -2.40. The Balaban J connectivity index is 1.73. The predicted molar refractivity (Wildman–Crippen MR) is 111 cm³/mol. The summed E-state index contributed by atoms with van der Waals surface area (Å²) in [6.45, 7) is 3.80. The highest BCUT2D eigenvalue weighted by Crippen LogP contribution is 2.44. The van der Waals surface area contributed by atoms with Crippen molar-refractivity contribution < 1.29 is 17.6 Å². The molecule has 0 radical (unpaired) electrons. The fraction of sp³-hybridized carbons (Fsp3) is 0.409. The summed E-state index contributed by atoms with van der Waals surface area (Å²) >= 11 is 0. The molecule has 1 aliphatic rings. The van der Waals surface area contributed by atoms with Crippen LogP contribution in [0.3, 0.4) is 0 Å². The molecule has 2 N–H and O–H groups in total. The van der Waals surface area contributed by atoms with E-state index >= 15 is 0 Å². The summed E-state index contributed by atoms with van der Waals surface area (Å²) in [5.41, 5.74) is 1.61. The molecule has 1 aliphatic carbocycles. The molecule has 0 unspecified atom stereocenters. The van der Waals surface area contributed by atoms with Crippen LogP contribution in [0.5, 0.6) is 0 Å². The molecule has 0 heterocycles. The molecular formula is C22H27FN2O3S. The molecule has 1 fully saturated rings. The van der Waals surface area contributed by atoms with Crippen LogP contribution in [0.2, 0.25) is 0 Å². The van der Waals surface area contributed by atoms with Gasteiger partial charge in [0.05, 0.1) is 11.2 Å². The van der Waals surface area contributed by atoms with E-state index in [2.05, 4.69) is 10.0 Å². The molecule has 0 aliphatic heterocycles. The first-order valence-corrected chi connectivity index (χ1v) is 11.5. The molecule has 0 bridgehead atoms. The lowest BCUT2D eigenvalue weighted by atomic mass is 9.64. The van der Waals surface area contributed by atoms with Crippen molar-refractivity contribution in [3.8, 4) is 0 Å². The number of hydrogen-bond acceptors (Lipinski definition) is 3. The Morgan fingerprint density at radius 3 is 2.24 bits per heavy atom. The minimum absolute atomic E-state index is 0.103. The van der Waals surface area contributed by atoms with Gasteiger partial charge in [0.2, 0.25) is 15.9 Å². The molecule has 0 spiro atoms. The maximum absolute atomic E-state index is 13.3. The highest BCUT2D eigenvalue weighted by Gasteiger charge is 2.45. The van der Waals surface area contributed by atoms with E-state index in [1.165, 1.54) is 12.1 Å². The lowest BCUT2D eigenvalue weighted by Crippen LogP contribution is -2.49. The summed E-state index contributed by atoms with van der Waals surface area (Å²) in [6.07, 6.45) is 2.39. The van der Waals surface area contributed by atoms with E-state index < -0.39 is 15.4 Å². The molecule has 2 aromatic carbocycles. The largest absolute Gasteiger partial charge is 0.351 e. The van der Waals surface area contributed by atoms with E-state index in [1.54, 1.807) is 38.1 Å². The minimum atomic E-state index is -3.46. The number of amides is 1. The van der Waals surface area contributed by atoms with Gasteiger partial charge >= 0.3 is 0 Å². The van der Waals surface area contributed by atoms with Crippen LogP contribution < -0.4 is 10.0 Å². The third-order valence-corrected chi connectivity index (χ3v) is 6.88.